The summed E-state index contributed by atoms with van der Waals surface area (Å²) in [5, 5.41) is 2.89. The van der Waals surface area contributed by atoms with E-state index in [9.17, 15) is 4.79 Å². The molecule has 0 aromatic carbocycles. The summed E-state index contributed by atoms with van der Waals surface area (Å²) in [7, 11) is 0. The summed E-state index contributed by atoms with van der Waals surface area (Å²) in [4.78, 5) is 13.7. The molecule has 0 spiro atoms. The Morgan fingerprint density at radius 2 is 2.21 bits per heavy atom. The van der Waals surface area contributed by atoms with Crippen molar-refractivity contribution in [2.24, 2.45) is 5.73 Å². The Morgan fingerprint density at radius 1 is 1.57 bits per heavy atom. The first-order chi connectivity index (χ1) is 6.63. The molecule has 82 valence electrons. The van der Waals surface area contributed by atoms with Crippen LogP contribution in [0.5, 0.6) is 0 Å². The highest BCUT2D eigenvalue weighted by molar-refractivity contribution is 5.78. The van der Waals surface area contributed by atoms with Crippen LogP contribution in [0.15, 0.2) is 0 Å². The van der Waals surface area contributed by atoms with Gasteiger partial charge in [-0.2, -0.15) is 0 Å². The van der Waals surface area contributed by atoms with Gasteiger partial charge in [-0.3, -0.25) is 9.69 Å². The highest BCUT2D eigenvalue weighted by Crippen LogP contribution is 2.25. The third-order valence-electron chi connectivity index (χ3n) is 2.28. The molecular formula is C10H21N3O. The molecule has 1 amide bonds. The molecule has 1 fully saturated rings. The third kappa shape index (κ3) is 4.07. The van der Waals surface area contributed by atoms with Crippen LogP contribution in [0, 0.1) is 0 Å². The SMILES string of the molecule is CC(C)NC(=O)CN(CCN)C1CC1. The van der Waals surface area contributed by atoms with Crippen LogP contribution in [0.2, 0.25) is 0 Å². The summed E-state index contributed by atoms with van der Waals surface area (Å²) < 4.78 is 0. The zero-order chi connectivity index (χ0) is 10.6. The summed E-state index contributed by atoms with van der Waals surface area (Å²) in [5.41, 5.74) is 5.50. The van der Waals surface area contributed by atoms with Gasteiger partial charge in [0.1, 0.15) is 0 Å². The van der Waals surface area contributed by atoms with E-state index in [1.54, 1.807) is 0 Å². The molecule has 0 atom stereocenters. The Morgan fingerprint density at radius 3 is 2.64 bits per heavy atom. The lowest BCUT2D eigenvalue weighted by Gasteiger charge is -2.21. The van der Waals surface area contributed by atoms with Gasteiger partial charge >= 0.3 is 0 Å². The van der Waals surface area contributed by atoms with Gasteiger partial charge in [-0.25, -0.2) is 0 Å². The first kappa shape index (κ1) is 11.5. The molecule has 1 saturated carbocycles. The van der Waals surface area contributed by atoms with Gasteiger partial charge < -0.3 is 11.1 Å². The summed E-state index contributed by atoms with van der Waals surface area (Å²) >= 11 is 0. The zero-order valence-electron chi connectivity index (χ0n) is 9.12. The van der Waals surface area contributed by atoms with Crippen LogP contribution in [-0.2, 0) is 4.79 Å². The Balaban J connectivity index is 2.27. The average Bonchev–Trinajstić information content (AvgIpc) is 2.83. The van der Waals surface area contributed by atoms with E-state index in [4.69, 9.17) is 5.73 Å². The fourth-order valence-corrected chi connectivity index (χ4v) is 1.55. The predicted molar refractivity (Wildman–Crippen MR) is 56.9 cm³/mol. The minimum atomic E-state index is 0.111. The quantitative estimate of drug-likeness (QED) is 0.630. The summed E-state index contributed by atoms with van der Waals surface area (Å²) in [5.74, 6) is 0.111. The highest BCUT2D eigenvalue weighted by atomic mass is 16.2. The smallest absolute Gasteiger partial charge is 0.234 e. The second-order valence-electron chi connectivity index (χ2n) is 4.21. The summed E-state index contributed by atoms with van der Waals surface area (Å²) in [6.45, 7) is 5.91. The van der Waals surface area contributed by atoms with E-state index in [1.807, 2.05) is 13.8 Å². The van der Waals surface area contributed by atoms with Gasteiger partial charge in [0.05, 0.1) is 6.54 Å². The molecule has 1 aliphatic rings. The Bertz CT molecular complexity index is 190. The number of nitrogens with zero attached hydrogens (tertiary/aromatic N) is 1. The minimum Gasteiger partial charge on any atom is -0.353 e. The van der Waals surface area contributed by atoms with Gasteiger partial charge in [0.25, 0.3) is 0 Å². The number of hydrogen-bond acceptors (Lipinski definition) is 3. The van der Waals surface area contributed by atoms with Crippen LogP contribution >= 0.6 is 0 Å². The minimum absolute atomic E-state index is 0.111. The summed E-state index contributed by atoms with van der Waals surface area (Å²) in [6.07, 6.45) is 2.43. The maximum atomic E-state index is 11.5. The fourth-order valence-electron chi connectivity index (χ4n) is 1.55. The molecule has 1 rings (SSSR count). The molecule has 0 heterocycles. The van der Waals surface area contributed by atoms with Gasteiger partial charge in [0.2, 0.25) is 5.91 Å². The number of rotatable bonds is 6. The largest absolute Gasteiger partial charge is 0.353 e. The molecule has 0 saturated heterocycles. The maximum Gasteiger partial charge on any atom is 0.234 e. The van der Waals surface area contributed by atoms with Gasteiger partial charge in [-0.05, 0) is 26.7 Å². The van der Waals surface area contributed by atoms with Gasteiger partial charge in [0, 0.05) is 25.2 Å². The van der Waals surface area contributed by atoms with E-state index in [0.717, 1.165) is 6.54 Å². The standard InChI is InChI=1S/C10H21N3O/c1-8(2)12-10(14)7-13(6-5-11)9-3-4-9/h8-9H,3-7,11H2,1-2H3,(H,12,14). The monoisotopic (exact) mass is 199 g/mol. The Hall–Kier alpha value is -0.610. The lowest BCUT2D eigenvalue weighted by molar-refractivity contribution is -0.122. The highest BCUT2D eigenvalue weighted by Gasteiger charge is 2.29. The van der Waals surface area contributed by atoms with E-state index in [1.165, 1.54) is 12.8 Å². The second kappa shape index (κ2) is 5.32. The van der Waals surface area contributed by atoms with Crippen LogP contribution in [0.1, 0.15) is 26.7 Å². The summed E-state index contributed by atoms with van der Waals surface area (Å²) in [6, 6.07) is 0.831. The van der Waals surface area contributed by atoms with Crippen LogP contribution in [0.3, 0.4) is 0 Å². The zero-order valence-corrected chi connectivity index (χ0v) is 9.12. The van der Waals surface area contributed by atoms with E-state index in [2.05, 4.69) is 10.2 Å². The fraction of sp³-hybridized carbons (Fsp3) is 0.900. The number of carbonyl (C=O) groups is 1. The Kier molecular flexibility index (Phi) is 4.35. The molecule has 1 aliphatic carbocycles. The number of carbonyl (C=O) groups excluding carboxylic acids is 1. The third-order valence-corrected chi connectivity index (χ3v) is 2.28. The number of hydrogen-bond donors (Lipinski definition) is 2. The number of amides is 1. The first-order valence-electron chi connectivity index (χ1n) is 5.37. The number of nitrogens with one attached hydrogen (secondary N) is 1. The molecule has 4 nitrogen and oxygen atoms in total. The van der Waals surface area contributed by atoms with E-state index < -0.39 is 0 Å². The lowest BCUT2D eigenvalue weighted by atomic mass is 10.3. The van der Waals surface area contributed by atoms with Gasteiger partial charge in [0.15, 0.2) is 0 Å². The van der Waals surface area contributed by atoms with Crippen molar-refractivity contribution in [3.63, 3.8) is 0 Å². The number of nitrogens with two attached hydrogens (primary N) is 1. The van der Waals surface area contributed by atoms with Crippen molar-refractivity contribution in [2.75, 3.05) is 19.6 Å². The normalized spacial score (nSPS) is 16.4. The molecule has 0 aromatic rings. The van der Waals surface area contributed by atoms with Crippen LogP contribution in [0.25, 0.3) is 0 Å². The van der Waals surface area contributed by atoms with Gasteiger partial charge in [-0.15, -0.1) is 0 Å². The van der Waals surface area contributed by atoms with Crippen molar-refractivity contribution >= 4 is 5.91 Å². The molecule has 3 N–H and O–H groups in total. The van der Waals surface area contributed by atoms with Gasteiger partial charge in [-0.1, -0.05) is 0 Å². The van der Waals surface area contributed by atoms with Crippen molar-refractivity contribution in [3.8, 4) is 0 Å². The lowest BCUT2D eigenvalue weighted by Crippen LogP contribution is -2.42. The van der Waals surface area contributed by atoms with Crippen LogP contribution < -0.4 is 11.1 Å². The van der Waals surface area contributed by atoms with E-state index >= 15 is 0 Å². The first-order valence-corrected chi connectivity index (χ1v) is 5.37. The predicted octanol–water partition coefficient (Wildman–Crippen LogP) is -0.0659. The Labute approximate surface area is 85.8 Å². The maximum absolute atomic E-state index is 11.5. The van der Waals surface area contributed by atoms with Crippen molar-refractivity contribution in [3.05, 3.63) is 0 Å². The second-order valence-corrected chi connectivity index (χ2v) is 4.21. The molecule has 4 heteroatoms. The van der Waals surface area contributed by atoms with Crippen molar-refractivity contribution in [2.45, 2.75) is 38.8 Å². The van der Waals surface area contributed by atoms with E-state index in [0.29, 0.717) is 19.1 Å². The van der Waals surface area contributed by atoms with Crippen molar-refractivity contribution in [1.29, 1.82) is 0 Å². The van der Waals surface area contributed by atoms with E-state index in [-0.39, 0.29) is 11.9 Å². The van der Waals surface area contributed by atoms with Crippen LogP contribution in [0.4, 0.5) is 0 Å². The molecule has 14 heavy (non-hydrogen) atoms. The molecular weight excluding hydrogens is 178 g/mol. The van der Waals surface area contributed by atoms with Crippen molar-refractivity contribution < 1.29 is 4.79 Å². The molecule has 0 aromatic heterocycles. The molecule has 0 unspecified atom stereocenters. The van der Waals surface area contributed by atoms with Crippen LogP contribution in [-0.4, -0.2) is 42.5 Å². The average molecular weight is 199 g/mol. The van der Waals surface area contributed by atoms with Crippen molar-refractivity contribution in [1.82, 2.24) is 10.2 Å². The topological polar surface area (TPSA) is 58.4 Å². The molecule has 0 aliphatic heterocycles. The molecule has 0 radical (unpaired) electrons. The molecule has 0 bridgehead atoms.